The molecule has 1 aliphatic rings. The smallest absolute Gasteiger partial charge is 0.296 e. The summed E-state index contributed by atoms with van der Waals surface area (Å²) in [5, 5.41) is 14.3. The molecule has 1 unspecified atom stereocenters. The van der Waals surface area contributed by atoms with Crippen LogP contribution in [0.1, 0.15) is 18.7 Å². The minimum Gasteiger partial charge on any atom is -0.454 e. The molecule has 0 bridgehead atoms. The molecule has 1 atom stereocenters. The van der Waals surface area contributed by atoms with Gasteiger partial charge in [-0.15, -0.1) is 0 Å². The lowest BCUT2D eigenvalue weighted by Gasteiger charge is -2.15. The van der Waals surface area contributed by atoms with Crippen molar-refractivity contribution in [2.75, 3.05) is 12.1 Å². The van der Waals surface area contributed by atoms with E-state index in [1.807, 2.05) is 25.1 Å². The first kappa shape index (κ1) is 13.2. The van der Waals surface area contributed by atoms with E-state index in [2.05, 4.69) is 10.3 Å². The highest BCUT2D eigenvalue weighted by Gasteiger charge is 2.24. The van der Waals surface area contributed by atoms with Crippen LogP contribution in [0.2, 0.25) is 0 Å². The van der Waals surface area contributed by atoms with Crippen molar-refractivity contribution in [2.45, 2.75) is 13.0 Å². The largest absolute Gasteiger partial charge is 0.454 e. The van der Waals surface area contributed by atoms with Crippen LogP contribution < -0.4 is 14.8 Å². The molecular weight excluding hydrogens is 274 g/mol. The van der Waals surface area contributed by atoms with Crippen LogP contribution in [0, 0.1) is 10.1 Å². The molecule has 0 saturated heterocycles. The van der Waals surface area contributed by atoms with Gasteiger partial charge in [0, 0.05) is 12.3 Å². The summed E-state index contributed by atoms with van der Waals surface area (Å²) in [6, 6.07) is 8.32. The number of nitro groups is 1. The van der Waals surface area contributed by atoms with E-state index in [9.17, 15) is 10.1 Å². The maximum absolute atomic E-state index is 11.2. The SMILES string of the molecule is CC(Nc1cc2c(cc1[N+](=O)[O-])OCO2)c1ccccn1. The Morgan fingerprint density at radius 2 is 2.10 bits per heavy atom. The third kappa shape index (κ3) is 2.58. The summed E-state index contributed by atoms with van der Waals surface area (Å²) in [5.74, 6) is 0.883. The maximum atomic E-state index is 11.2. The first-order valence-corrected chi connectivity index (χ1v) is 6.40. The van der Waals surface area contributed by atoms with Gasteiger partial charge in [-0.1, -0.05) is 6.07 Å². The Hall–Kier alpha value is -2.83. The lowest BCUT2D eigenvalue weighted by molar-refractivity contribution is -0.384. The molecule has 3 rings (SSSR count). The highest BCUT2D eigenvalue weighted by molar-refractivity contribution is 5.69. The second-order valence-electron chi connectivity index (χ2n) is 4.60. The molecule has 0 amide bonds. The fraction of sp³-hybridized carbons (Fsp3) is 0.214. The molecule has 0 aliphatic carbocycles. The van der Waals surface area contributed by atoms with Gasteiger partial charge in [-0.05, 0) is 19.1 Å². The molecule has 108 valence electrons. The van der Waals surface area contributed by atoms with E-state index in [1.54, 1.807) is 12.3 Å². The van der Waals surface area contributed by atoms with Crippen LogP contribution in [0.25, 0.3) is 0 Å². The van der Waals surface area contributed by atoms with Crippen molar-refractivity contribution in [2.24, 2.45) is 0 Å². The summed E-state index contributed by atoms with van der Waals surface area (Å²) < 4.78 is 10.4. The van der Waals surface area contributed by atoms with E-state index in [1.165, 1.54) is 6.07 Å². The van der Waals surface area contributed by atoms with Crippen LogP contribution in [0.15, 0.2) is 36.5 Å². The van der Waals surface area contributed by atoms with E-state index in [0.717, 1.165) is 5.69 Å². The number of nitrogens with zero attached hydrogens (tertiary/aromatic N) is 2. The fourth-order valence-electron chi connectivity index (χ4n) is 2.14. The summed E-state index contributed by atoms with van der Waals surface area (Å²) in [6.45, 7) is 1.96. The van der Waals surface area contributed by atoms with Crippen LogP contribution in [0.3, 0.4) is 0 Å². The fourth-order valence-corrected chi connectivity index (χ4v) is 2.14. The predicted octanol–water partition coefficient (Wildman–Crippen LogP) is 2.89. The summed E-state index contributed by atoms with van der Waals surface area (Å²) in [7, 11) is 0. The Labute approximate surface area is 120 Å². The number of anilines is 1. The molecule has 0 spiro atoms. The van der Waals surface area contributed by atoms with Crippen molar-refractivity contribution in [1.29, 1.82) is 0 Å². The highest BCUT2D eigenvalue weighted by Crippen LogP contribution is 2.41. The third-order valence-electron chi connectivity index (χ3n) is 3.19. The Morgan fingerprint density at radius 3 is 2.76 bits per heavy atom. The second kappa shape index (κ2) is 5.28. The van der Waals surface area contributed by atoms with Crippen molar-refractivity contribution < 1.29 is 14.4 Å². The van der Waals surface area contributed by atoms with Crippen LogP contribution in [0.4, 0.5) is 11.4 Å². The number of nitrogens with one attached hydrogen (secondary N) is 1. The lowest BCUT2D eigenvalue weighted by atomic mass is 10.1. The molecule has 0 fully saturated rings. The molecular formula is C14H13N3O4. The number of nitro benzene ring substituents is 1. The van der Waals surface area contributed by atoms with Crippen molar-refractivity contribution in [3.63, 3.8) is 0 Å². The highest BCUT2D eigenvalue weighted by atomic mass is 16.7. The third-order valence-corrected chi connectivity index (χ3v) is 3.19. The van der Waals surface area contributed by atoms with Gasteiger partial charge in [0.15, 0.2) is 11.5 Å². The average molecular weight is 287 g/mol. The van der Waals surface area contributed by atoms with E-state index in [-0.39, 0.29) is 18.5 Å². The Bertz CT molecular complexity index is 675. The monoisotopic (exact) mass is 287 g/mol. The van der Waals surface area contributed by atoms with Crippen molar-refractivity contribution in [3.8, 4) is 11.5 Å². The molecule has 1 aliphatic heterocycles. The summed E-state index contributed by atoms with van der Waals surface area (Å²) in [5.41, 5.74) is 1.12. The minimum absolute atomic E-state index is 0.0537. The zero-order valence-electron chi connectivity index (χ0n) is 11.3. The van der Waals surface area contributed by atoms with Crippen LogP contribution in [-0.2, 0) is 0 Å². The first-order chi connectivity index (χ1) is 10.1. The Kier molecular flexibility index (Phi) is 3.31. The summed E-state index contributed by atoms with van der Waals surface area (Å²) >= 11 is 0. The van der Waals surface area contributed by atoms with Gasteiger partial charge in [-0.3, -0.25) is 15.1 Å². The van der Waals surface area contributed by atoms with Crippen molar-refractivity contribution in [3.05, 3.63) is 52.3 Å². The molecule has 21 heavy (non-hydrogen) atoms. The molecule has 7 heteroatoms. The number of hydrogen-bond donors (Lipinski definition) is 1. The van der Waals surface area contributed by atoms with Gasteiger partial charge in [0.25, 0.3) is 5.69 Å². The number of fused-ring (bicyclic) bond motifs is 1. The quantitative estimate of drug-likeness (QED) is 0.687. The molecule has 1 N–H and O–H groups in total. The predicted molar refractivity (Wildman–Crippen MR) is 75.5 cm³/mol. The number of benzene rings is 1. The lowest BCUT2D eigenvalue weighted by Crippen LogP contribution is -2.09. The first-order valence-electron chi connectivity index (χ1n) is 6.40. The standard InChI is InChI=1S/C14H13N3O4/c1-9(10-4-2-3-5-15-10)16-11-6-13-14(21-8-20-13)7-12(11)17(18)19/h2-7,9,16H,8H2,1H3. The second-order valence-corrected chi connectivity index (χ2v) is 4.60. The number of hydrogen-bond acceptors (Lipinski definition) is 6. The van der Waals surface area contributed by atoms with Crippen molar-refractivity contribution in [1.82, 2.24) is 4.98 Å². The van der Waals surface area contributed by atoms with E-state index < -0.39 is 4.92 Å². The molecule has 2 aromatic rings. The zero-order valence-corrected chi connectivity index (χ0v) is 11.3. The normalized spacial score (nSPS) is 13.8. The molecule has 0 radical (unpaired) electrons. The Balaban J connectivity index is 1.93. The number of aromatic nitrogens is 1. The summed E-state index contributed by atoms with van der Waals surface area (Å²) in [4.78, 5) is 15.0. The zero-order chi connectivity index (χ0) is 14.8. The van der Waals surface area contributed by atoms with Gasteiger partial charge in [-0.25, -0.2) is 0 Å². The number of rotatable bonds is 4. The van der Waals surface area contributed by atoms with Gasteiger partial charge in [0.1, 0.15) is 5.69 Å². The van der Waals surface area contributed by atoms with E-state index in [4.69, 9.17) is 9.47 Å². The van der Waals surface area contributed by atoms with Gasteiger partial charge >= 0.3 is 0 Å². The molecule has 2 heterocycles. The molecule has 7 nitrogen and oxygen atoms in total. The van der Waals surface area contributed by atoms with Gasteiger partial charge in [-0.2, -0.15) is 0 Å². The van der Waals surface area contributed by atoms with Crippen LogP contribution >= 0.6 is 0 Å². The van der Waals surface area contributed by atoms with E-state index in [0.29, 0.717) is 17.2 Å². The van der Waals surface area contributed by atoms with Crippen LogP contribution in [-0.4, -0.2) is 16.7 Å². The molecule has 1 aromatic heterocycles. The van der Waals surface area contributed by atoms with Crippen LogP contribution in [0.5, 0.6) is 11.5 Å². The topological polar surface area (TPSA) is 86.5 Å². The van der Waals surface area contributed by atoms with Gasteiger partial charge in [0.05, 0.1) is 22.7 Å². The Morgan fingerprint density at radius 1 is 1.33 bits per heavy atom. The minimum atomic E-state index is -0.449. The number of pyridine rings is 1. The average Bonchev–Trinajstić information content (AvgIpc) is 2.94. The maximum Gasteiger partial charge on any atom is 0.296 e. The molecule has 0 saturated carbocycles. The summed E-state index contributed by atoms with van der Waals surface area (Å²) in [6.07, 6.45) is 1.68. The van der Waals surface area contributed by atoms with Gasteiger partial charge in [0.2, 0.25) is 6.79 Å². The van der Waals surface area contributed by atoms with E-state index >= 15 is 0 Å². The van der Waals surface area contributed by atoms with Crippen molar-refractivity contribution >= 4 is 11.4 Å². The molecule has 1 aromatic carbocycles. The van der Waals surface area contributed by atoms with Gasteiger partial charge < -0.3 is 14.8 Å². The number of ether oxygens (including phenoxy) is 2.